The van der Waals surface area contributed by atoms with Crippen molar-refractivity contribution >= 4 is 11.6 Å². The van der Waals surface area contributed by atoms with Gasteiger partial charge in [-0.05, 0) is 44.7 Å². The number of allylic oxidation sites excluding steroid dienone is 1. The number of hydrogen-bond acceptors (Lipinski definition) is 1. The first kappa shape index (κ1) is 11.2. The molecule has 0 amide bonds. The normalized spacial score (nSPS) is 31.0. The van der Waals surface area contributed by atoms with E-state index in [9.17, 15) is 0 Å². The fourth-order valence-corrected chi connectivity index (χ4v) is 3.40. The van der Waals surface area contributed by atoms with Crippen LogP contribution in [0.25, 0.3) is 0 Å². The van der Waals surface area contributed by atoms with Gasteiger partial charge in [-0.3, -0.25) is 0 Å². The Morgan fingerprint density at radius 2 is 2.24 bits per heavy atom. The Kier molecular flexibility index (Phi) is 2.48. The van der Waals surface area contributed by atoms with Crippen LogP contribution in [0.4, 0.5) is 0 Å². The third kappa shape index (κ3) is 1.68. The minimum atomic E-state index is -0.0726. The Hall–Kier alpha value is -0.950. The van der Waals surface area contributed by atoms with Crippen LogP contribution in [0.1, 0.15) is 32.3 Å². The molecule has 1 heterocycles. The number of ether oxygens (including phenoxy) is 1. The molecule has 0 fully saturated rings. The Labute approximate surface area is 107 Å². The molecule has 0 unspecified atom stereocenters. The SMILES string of the molecule is CC1=CCC[C@]2(C)Oc3c(Cl)cccc3C[C@@H]12. The minimum absolute atomic E-state index is 0.0726. The van der Waals surface area contributed by atoms with Gasteiger partial charge in [0.1, 0.15) is 11.4 Å². The van der Waals surface area contributed by atoms with Crippen molar-refractivity contribution in [1.29, 1.82) is 0 Å². The molecule has 1 aromatic rings. The van der Waals surface area contributed by atoms with Gasteiger partial charge in [0, 0.05) is 5.92 Å². The van der Waals surface area contributed by atoms with Gasteiger partial charge in [-0.1, -0.05) is 35.4 Å². The summed E-state index contributed by atoms with van der Waals surface area (Å²) in [4.78, 5) is 0. The van der Waals surface area contributed by atoms with Crippen molar-refractivity contribution in [3.8, 4) is 5.75 Å². The van der Waals surface area contributed by atoms with E-state index in [-0.39, 0.29) is 5.60 Å². The first-order valence-electron chi connectivity index (χ1n) is 6.23. The van der Waals surface area contributed by atoms with Gasteiger partial charge in [0.2, 0.25) is 0 Å². The van der Waals surface area contributed by atoms with E-state index in [4.69, 9.17) is 16.3 Å². The maximum Gasteiger partial charge on any atom is 0.141 e. The van der Waals surface area contributed by atoms with E-state index in [1.807, 2.05) is 12.1 Å². The number of para-hydroxylation sites is 1. The third-order valence-corrected chi connectivity index (χ3v) is 4.50. The summed E-state index contributed by atoms with van der Waals surface area (Å²) >= 11 is 6.23. The highest BCUT2D eigenvalue weighted by Gasteiger charge is 2.43. The lowest BCUT2D eigenvalue weighted by Gasteiger charge is -2.45. The molecule has 2 atom stereocenters. The van der Waals surface area contributed by atoms with Crippen molar-refractivity contribution in [2.75, 3.05) is 0 Å². The van der Waals surface area contributed by atoms with E-state index in [0.29, 0.717) is 5.92 Å². The zero-order valence-electron chi connectivity index (χ0n) is 10.3. The van der Waals surface area contributed by atoms with E-state index in [0.717, 1.165) is 30.0 Å². The van der Waals surface area contributed by atoms with Gasteiger partial charge in [-0.2, -0.15) is 0 Å². The number of rotatable bonds is 0. The van der Waals surface area contributed by atoms with Gasteiger partial charge < -0.3 is 4.74 Å². The van der Waals surface area contributed by atoms with Crippen LogP contribution in [0.15, 0.2) is 29.8 Å². The van der Waals surface area contributed by atoms with Crippen molar-refractivity contribution in [2.45, 2.75) is 38.7 Å². The maximum atomic E-state index is 6.25. The molecular formula is C15H17ClO. The van der Waals surface area contributed by atoms with Gasteiger partial charge in [0.15, 0.2) is 0 Å². The molecule has 0 bridgehead atoms. The zero-order valence-corrected chi connectivity index (χ0v) is 11.1. The lowest BCUT2D eigenvalue weighted by atomic mass is 9.71. The van der Waals surface area contributed by atoms with Crippen molar-refractivity contribution in [1.82, 2.24) is 0 Å². The standard InChI is InChI=1S/C15H17ClO/c1-10-5-4-8-15(2)12(10)9-11-6-3-7-13(16)14(11)17-15/h3,5-7,12H,4,8-9H2,1-2H3/t12-,15-/m0/s1. The molecule has 0 spiro atoms. The Balaban J connectivity index is 2.08. The molecule has 2 heteroatoms. The summed E-state index contributed by atoms with van der Waals surface area (Å²) in [5.74, 6) is 1.41. The molecule has 1 nitrogen and oxygen atoms in total. The van der Waals surface area contributed by atoms with Crippen molar-refractivity contribution < 1.29 is 4.74 Å². The molecule has 90 valence electrons. The van der Waals surface area contributed by atoms with Crippen LogP contribution in [0.5, 0.6) is 5.75 Å². The van der Waals surface area contributed by atoms with Gasteiger partial charge in [-0.25, -0.2) is 0 Å². The molecule has 0 aromatic heterocycles. The van der Waals surface area contributed by atoms with Crippen molar-refractivity contribution in [3.63, 3.8) is 0 Å². The quantitative estimate of drug-likeness (QED) is 0.619. The molecule has 2 aliphatic rings. The zero-order chi connectivity index (χ0) is 12.0. The number of benzene rings is 1. The predicted molar refractivity (Wildman–Crippen MR) is 70.7 cm³/mol. The summed E-state index contributed by atoms with van der Waals surface area (Å²) in [5.41, 5.74) is 2.63. The molecule has 17 heavy (non-hydrogen) atoms. The molecule has 0 saturated carbocycles. The Bertz CT molecular complexity index is 492. The van der Waals surface area contributed by atoms with Gasteiger partial charge >= 0.3 is 0 Å². The van der Waals surface area contributed by atoms with Gasteiger partial charge in [0.05, 0.1) is 5.02 Å². The number of fused-ring (bicyclic) bond motifs is 2. The molecular weight excluding hydrogens is 232 g/mol. The summed E-state index contributed by atoms with van der Waals surface area (Å²) in [6.07, 6.45) is 5.60. The first-order valence-corrected chi connectivity index (χ1v) is 6.61. The second-order valence-electron chi connectivity index (χ2n) is 5.39. The molecule has 3 rings (SSSR count). The first-order chi connectivity index (χ1) is 8.10. The number of hydrogen-bond donors (Lipinski definition) is 0. The van der Waals surface area contributed by atoms with Gasteiger partial charge in [0.25, 0.3) is 0 Å². The molecule has 1 aliphatic heterocycles. The van der Waals surface area contributed by atoms with Crippen LogP contribution in [0.3, 0.4) is 0 Å². The summed E-state index contributed by atoms with van der Waals surface area (Å²) in [5, 5.41) is 0.745. The van der Waals surface area contributed by atoms with Crippen LogP contribution < -0.4 is 4.74 Å². The average molecular weight is 249 g/mol. The molecule has 0 radical (unpaired) electrons. The fourth-order valence-electron chi connectivity index (χ4n) is 3.17. The smallest absolute Gasteiger partial charge is 0.141 e. The van der Waals surface area contributed by atoms with E-state index in [1.54, 1.807) is 0 Å². The van der Waals surface area contributed by atoms with Crippen molar-refractivity contribution in [2.24, 2.45) is 5.92 Å². The van der Waals surface area contributed by atoms with Crippen LogP contribution in [-0.4, -0.2) is 5.60 Å². The molecule has 1 aliphatic carbocycles. The van der Waals surface area contributed by atoms with Crippen LogP contribution in [-0.2, 0) is 6.42 Å². The highest BCUT2D eigenvalue weighted by Crippen LogP contribution is 2.47. The minimum Gasteiger partial charge on any atom is -0.485 e. The Morgan fingerprint density at radius 1 is 1.41 bits per heavy atom. The summed E-state index contributed by atoms with van der Waals surface area (Å²) in [7, 11) is 0. The number of halogens is 1. The highest BCUT2D eigenvalue weighted by molar-refractivity contribution is 6.32. The van der Waals surface area contributed by atoms with E-state index in [1.165, 1.54) is 11.1 Å². The third-order valence-electron chi connectivity index (χ3n) is 4.20. The topological polar surface area (TPSA) is 9.23 Å². The molecule has 0 saturated heterocycles. The molecule has 0 N–H and O–H groups in total. The Morgan fingerprint density at radius 3 is 3.06 bits per heavy atom. The largest absolute Gasteiger partial charge is 0.485 e. The maximum absolute atomic E-state index is 6.25. The van der Waals surface area contributed by atoms with Crippen LogP contribution in [0, 0.1) is 5.92 Å². The van der Waals surface area contributed by atoms with Crippen LogP contribution in [0.2, 0.25) is 5.02 Å². The summed E-state index contributed by atoms with van der Waals surface area (Å²) < 4.78 is 6.25. The van der Waals surface area contributed by atoms with E-state index >= 15 is 0 Å². The lowest BCUT2D eigenvalue weighted by molar-refractivity contribution is 0.0123. The van der Waals surface area contributed by atoms with E-state index < -0.39 is 0 Å². The summed E-state index contributed by atoms with van der Waals surface area (Å²) in [6.45, 7) is 4.45. The van der Waals surface area contributed by atoms with Crippen molar-refractivity contribution in [3.05, 3.63) is 40.4 Å². The lowest BCUT2D eigenvalue weighted by Crippen LogP contribution is -2.47. The monoisotopic (exact) mass is 248 g/mol. The van der Waals surface area contributed by atoms with E-state index in [2.05, 4.69) is 26.0 Å². The van der Waals surface area contributed by atoms with Crippen LogP contribution >= 0.6 is 11.6 Å². The molecule has 1 aromatic carbocycles. The highest BCUT2D eigenvalue weighted by atomic mass is 35.5. The summed E-state index contributed by atoms with van der Waals surface area (Å²) in [6, 6.07) is 6.05. The second-order valence-corrected chi connectivity index (χ2v) is 5.79. The van der Waals surface area contributed by atoms with Gasteiger partial charge in [-0.15, -0.1) is 0 Å². The fraction of sp³-hybridized carbons (Fsp3) is 0.467. The average Bonchev–Trinajstić information content (AvgIpc) is 2.29. The second kappa shape index (κ2) is 3.78. The predicted octanol–water partition coefficient (Wildman–Crippen LogP) is 4.39.